The van der Waals surface area contributed by atoms with E-state index in [-0.39, 0.29) is 38.9 Å². The first-order valence-electron chi connectivity index (χ1n) is 27.2. The Hall–Kier alpha value is -4.83. The van der Waals surface area contributed by atoms with Gasteiger partial charge in [-0.15, -0.1) is 0 Å². The Morgan fingerprint density at radius 2 is 1.08 bits per heavy atom. The van der Waals surface area contributed by atoms with Crippen LogP contribution in [0.15, 0.2) is 152 Å². The van der Waals surface area contributed by atoms with Gasteiger partial charge in [-0.3, -0.25) is 4.79 Å². The Morgan fingerprint density at radius 1 is 0.581 bits per heavy atom. The highest BCUT2D eigenvalue weighted by molar-refractivity contribution is 5.76. The van der Waals surface area contributed by atoms with Crippen molar-refractivity contribution in [1.29, 1.82) is 0 Å². The first-order valence-corrected chi connectivity index (χ1v) is 27.2. The molecule has 1 amide bonds. The quantitative estimate of drug-likeness (QED) is 0.0382. The zero-order valence-electron chi connectivity index (χ0n) is 43.5. The maximum Gasteiger partial charge on any atom is 0.220 e. The van der Waals surface area contributed by atoms with Crippen LogP contribution in [0.1, 0.15) is 98.9 Å². The van der Waals surface area contributed by atoms with Gasteiger partial charge in [-0.05, 0) is 72.3 Å². The molecule has 74 heavy (non-hydrogen) atoms. The summed E-state index contributed by atoms with van der Waals surface area (Å²) >= 11 is 0. The Kier molecular flexibility index (Phi) is 25.6. The number of carbonyl (C=O) groups is 1. The fourth-order valence-corrected chi connectivity index (χ4v) is 9.51. The molecule has 8 atom stereocenters. The van der Waals surface area contributed by atoms with Gasteiger partial charge in [0.05, 0.1) is 58.4 Å². The predicted molar refractivity (Wildman–Crippen MR) is 286 cm³/mol. The van der Waals surface area contributed by atoms with E-state index >= 15 is 0 Å². The number of ether oxygens (including phenoxy) is 9. The lowest BCUT2D eigenvalue weighted by molar-refractivity contribution is -0.330. The van der Waals surface area contributed by atoms with Gasteiger partial charge in [0, 0.05) is 32.8 Å². The summed E-state index contributed by atoms with van der Waals surface area (Å²) < 4.78 is 59.1. The van der Waals surface area contributed by atoms with E-state index < -0.39 is 49.0 Å². The Morgan fingerprint density at radius 3 is 1.64 bits per heavy atom. The highest BCUT2D eigenvalue weighted by Gasteiger charge is 2.49. The Balaban J connectivity index is 1.09. The third kappa shape index (κ3) is 20.0. The normalized spacial score (nSPS) is 20.4. The summed E-state index contributed by atoms with van der Waals surface area (Å²) in [5.74, 6) is 0.628. The highest BCUT2D eigenvalue weighted by Crippen LogP contribution is 2.32. The molecule has 0 spiro atoms. The lowest BCUT2D eigenvalue weighted by Crippen LogP contribution is -2.62. The van der Waals surface area contributed by atoms with Crippen LogP contribution < -0.4 is 5.32 Å². The van der Waals surface area contributed by atoms with Gasteiger partial charge in [-0.25, -0.2) is 0 Å². The number of aliphatic hydroxyl groups is 1. The number of benzene rings is 5. The van der Waals surface area contributed by atoms with E-state index in [1.807, 2.05) is 159 Å². The van der Waals surface area contributed by atoms with Crippen molar-refractivity contribution in [3.8, 4) is 0 Å². The molecule has 2 saturated heterocycles. The molecule has 5 unspecified atom stereocenters. The largest absolute Gasteiger partial charge is 0.390 e. The van der Waals surface area contributed by atoms with Gasteiger partial charge in [-0.2, -0.15) is 0 Å². The van der Waals surface area contributed by atoms with Crippen molar-refractivity contribution in [1.82, 2.24) is 5.32 Å². The molecule has 0 bridgehead atoms. The second kappa shape index (κ2) is 33.3. The van der Waals surface area contributed by atoms with E-state index in [1.54, 1.807) is 0 Å². The summed E-state index contributed by atoms with van der Waals surface area (Å²) in [6.45, 7) is 6.59. The van der Waals surface area contributed by atoms with Gasteiger partial charge in [-0.1, -0.05) is 178 Å². The third-order valence-electron chi connectivity index (χ3n) is 13.8. The molecule has 12 nitrogen and oxygen atoms in total. The molecule has 2 aliphatic rings. The van der Waals surface area contributed by atoms with Gasteiger partial charge in [0.25, 0.3) is 0 Å². The van der Waals surface area contributed by atoms with Gasteiger partial charge < -0.3 is 53.1 Å². The van der Waals surface area contributed by atoms with Crippen LogP contribution in [0.5, 0.6) is 0 Å². The summed E-state index contributed by atoms with van der Waals surface area (Å²) in [5.41, 5.74) is 4.90. The molecular formula is C62H81NO11. The minimum Gasteiger partial charge on any atom is -0.390 e. The van der Waals surface area contributed by atoms with E-state index in [1.165, 1.54) is 25.7 Å². The Labute approximate surface area is 440 Å². The monoisotopic (exact) mass is 1020 g/mol. The summed E-state index contributed by atoms with van der Waals surface area (Å²) in [6, 6.07) is 49.0. The molecule has 12 heteroatoms. The van der Waals surface area contributed by atoms with E-state index in [2.05, 4.69) is 5.32 Å². The van der Waals surface area contributed by atoms with Crippen molar-refractivity contribution < 1.29 is 52.5 Å². The molecule has 2 heterocycles. The third-order valence-corrected chi connectivity index (χ3v) is 13.8. The highest BCUT2D eigenvalue weighted by atomic mass is 16.7. The maximum atomic E-state index is 14.0. The minimum absolute atomic E-state index is 0.0704. The van der Waals surface area contributed by atoms with Crippen molar-refractivity contribution in [2.75, 3.05) is 39.6 Å². The van der Waals surface area contributed by atoms with Crippen molar-refractivity contribution in [2.45, 2.75) is 153 Å². The molecule has 0 saturated carbocycles. The van der Waals surface area contributed by atoms with Crippen LogP contribution in [-0.4, -0.2) is 99.6 Å². The summed E-state index contributed by atoms with van der Waals surface area (Å²) in [6.07, 6.45) is 3.29. The first-order chi connectivity index (χ1) is 36.5. The second-order valence-corrected chi connectivity index (χ2v) is 19.5. The molecule has 0 aliphatic carbocycles. The maximum absolute atomic E-state index is 14.0. The number of carbonyl (C=O) groups excluding carboxylic acids is 1. The van der Waals surface area contributed by atoms with Gasteiger partial charge in [0.2, 0.25) is 5.91 Å². The van der Waals surface area contributed by atoms with Crippen LogP contribution in [0.3, 0.4) is 0 Å². The zero-order chi connectivity index (χ0) is 51.3. The molecule has 2 aliphatic heterocycles. The molecule has 5 aromatic carbocycles. The number of unbranched alkanes of at least 4 members (excludes halogenated alkanes) is 3. The standard InChI is InChI=1S/C62H81NO11/c1-2-55(64)58(69-42-50-26-11-4-12-27-50)54(63-57(65)34-19-8-21-37-66-38-22-20-23-48-35-39-67-40-36-48)46-73-62-61(72-45-53-32-17-7-18-33-53)60(71-44-52-30-15-6-16-31-52)59(70-43-51-28-13-5-14-29-51)56(74-62)47-68-41-49-24-9-3-10-25-49/h3-7,9-18,24-33,48,54-56,58-62,64H,2,8,19-23,34-47H2,1H3,(H,63,65)/t54-,55+,56?,58-,59?,60?,61?,62?/m0/s1. The fourth-order valence-electron chi connectivity index (χ4n) is 9.51. The van der Waals surface area contributed by atoms with Crippen molar-refractivity contribution in [3.63, 3.8) is 0 Å². The predicted octanol–water partition coefficient (Wildman–Crippen LogP) is 10.7. The van der Waals surface area contributed by atoms with Gasteiger partial charge >= 0.3 is 0 Å². The number of amides is 1. The molecule has 7 rings (SSSR count). The lowest BCUT2D eigenvalue weighted by Gasteiger charge is -2.46. The summed E-state index contributed by atoms with van der Waals surface area (Å²) in [7, 11) is 0. The average molecular weight is 1020 g/mol. The minimum atomic E-state index is -1.03. The first kappa shape index (κ1) is 56.9. The van der Waals surface area contributed by atoms with Crippen molar-refractivity contribution >= 4 is 5.91 Å². The van der Waals surface area contributed by atoms with Crippen LogP contribution in [0, 0.1) is 5.92 Å². The van der Waals surface area contributed by atoms with Crippen LogP contribution in [-0.2, 0) is 80.5 Å². The van der Waals surface area contributed by atoms with E-state index in [0.717, 1.165) is 72.8 Å². The zero-order valence-corrected chi connectivity index (χ0v) is 43.5. The van der Waals surface area contributed by atoms with Crippen LogP contribution in [0.25, 0.3) is 0 Å². The van der Waals surface area contributed by atoms with Crippen LogP contribution in [0.2, 0.25) is 0 Å². The van der Waals surface area contributed by atoms with E-state index in [9.17, 15) is 9.90 Å². The van der Waals surface area contributed by atoms with Crippen molar-refractivity contribution in [3.05, 3.63) is 179 Å². The van der Waals surface area contributed by atoms with Gasteiger partial charge in [0.15, 0.2) is 6.29 Å². The Bertz CT molecular complexity index is 2200. The number of aliphatic hydroxyl groups excluding tert-OH is 1. The lowest BCUT2D eigenvalue weighted by atomic mass is 9.94. The number of hydrogen-bond donors (Lipinski definition) is 2. The van der Waals surface area contributed by atoms with E-state index in [4.69, 9.17) is 42.6 Å². The molecule has 0 radical (unpaired) electrons. The topological polar surface area (TPSA) is 132 Å². The van der Waals surface area contributed by atoms with Crippen LogP contribution in [0.4, 0.5) is 0 Å². The summed E-state index contributed by atoms with van der Waals surface area (Å²) in [4.78, 5) is 14.0. The molecule has 0 aromatic heterocycles. The van der Waals surface area contributed by atoms with Crippen LogP contribution >= 0.6 is 0 Å². The number of hydrogen-bond acceptors (Lipinski definition) is 11. The smallest absolute Gasteiger partial charge is 0.220 e. The number of nitrogens with one attached hydrogen (secondary N) is 1. The summed E-state index contributed by atoms with van der Waals surface area (Å²) in [5, 5.41) is 14.9. The molecule has 2 N–H and O–H groups in total. The second-order valence-electron chi connectivity index (χ2n) is 19.5. The molecule has 2 fully saturated rings. The molecule has 5 aromatic rings. The SMILES string of the molecule is CC[C@@H](O)[C@@H](OCc1ccccc1)[C@H](COC1OC(COCc2ccccc2)C(OCc2ccccc2)C(OCc2ccccc2)C1OCc1ccccc1)NC(=O)CCCCCOCCCCC1CCOCC1. The average Bonchev–Trinajstić information content (AvgIpc) is 3.45. The van der Waals surface area contributed by atoms with Crippen molar-refractivity contribution in [2.24, 2.45) is 5.92 Å². The fraction of sp³-hybridized carbons (Fsp3) is 0.500. The molecule has 400 valence electrons. The van der Waals surface area contributed by atoms with E-state index in [0.29, 0.717) is 39.1 Å². The molecular weight excluding hydrogens is 935 g/mol. The number of rotatable bonds is 34. The van der Waals surface area contributed by atoms with Gasteiger partial charge in [0.1, 0.15) is 30.5 Å².